The van der Waals surface area contributed by atoms with Crippen molar-refractivity contribution in [1.82, 2.24) is 0 Å². The summed E-state index contributed by atoms with van der Waals surface area (Å²) in [6, 6.07) is 8.47. The molecule has 0 N–H and O–H groups in total. The minimum Gasteiger partial charge on any atom is -0.466 e. The molecule has 0 saturated heterocycles. The third-order valence-corrected chi connectivity index (χ3v) is 5.10. The van der Waals surface area contributed by atoms with Crippen LogP contribution >= 0.6 is 0 Å². The Morgan fingerprint density at radius 2 is 1.26 bits per heavy atom. The smallest absolute Gasteiger partial charge is 0.372 e. The highest BCUT2D eigenvalue weighted by Gasteiger charge is 2.10. The summed E-state index contributed by atoms with van der Waals surface area (Å²) < 4.78 is 14.2. The van der Waals surface area contributed by atoms with Crippen molar-refractivity contribution in [2.75, 3.05) is 13.2 Å². The molecule has 2 heterocycles. The summed E-state index contributed by atoms with van der Waals surface area (Å²) >= 11 is 0. The quantitative estimate of drug-likeness (QED) is 0.264. The Morgan fingerprint density at radius 1 is 0.742 bits per heavy atom. The second-order valence-corrected chi connectivity index (χ2v) is 7.81. The molecule has 0 fully saturated rings. The summed E-state index contributed by atoms with van der Waals surface area (Å²) in [7, 11) is 2.02. The number of carbonyl (C=O) groups excluding carboxylic acids is 2. The first-order valence-electron chi connectivity index (χ1n) is 11.3. The minimum absolute atomic E-state index is 0.152. The van der Waals surface area contributed by atoms with E-state index in [2.05, 4.69) is 36.7 Å². The predicted molar refractivity (Wildman–Crippen MR) is 117 cm³/mol. The normalized spacial score (nSPS) is 10.6. The summed E-state index contributed by atoms with van der Waals surface area (Å²) in [5.41, 5.74) is 2.63. The van der Waals surface area contributed by atoms with E-state index >= 15 is 0 Å². The number of rotatable bonds is 14. The average molecular weight is 429 g/mol. The van der Waals surface area contributed by atoms with Gasteiger partial charge in [0.25, 0.3) is 0 Å². The van der Waals surface area contributed by atoms with Crippen molar-refractivity contribution in [3.63, 3.8) is 0 Å². The number of hydrogen-bond acceptors (Lipinski definition) is 4. The molecule has 0 aliphatic carbocycles. The largest absolute Gasteiger partial charge is 0.466 e. The number of nitrogens with zero attached hydrogens (tertiary/aromatic N) is 2. The first kappa shape index (κ1) is 24.5. The van der Waals surface area contributed by atoms with Crippen LogP contribution in [0.15, 0.2) is 49.1 Å². The van der Waals surface area contributed by atoms with Crippen LogP contribution in [0.2, 0.25) is 0 Å². The van der Waals surface area contributed by atoms with E-state index in [1.807, 2.05) is 28.6 Å². The summed E-state index contributed by atoms with van der Waals surface area (Å²) in [6.07, 6.45) is 15.2. The lowest BCUT2D eigenvalue weighted by Gasteiger charge is -2.05. The predicted octanol–water partition coefficient (Wildman–Crippen LogP) is 3.03. The fourth-order valence-electron chi connectivity index (χ4n) is 3.18. The molecule has 0 radical (unpaired) electrons. The van der Waals surface area contributed by atoms with Gasteiger partial charge in [-0.15, -0.1) is 0 Å². The Labute approximate surface area is 185 Å². The van der Waals surface area contributed by atoms with Gasteiger partial charge in [-0.3, -0.25) is 4.79 Å². The van der Waals surface area contributed by atoms with E-state index in [9.17, 15) is 9.59 Å². The van der Waals surface area contributed by atoms with Gasteiger partial charge in [-0.1, -0.05) is 6.92 Å². The highest BCUT2D eigenvalue weighted by molar-refractivity contribution is 5.68. The molecule has 0 unspecified atom stereocenters. The Kier molecular flexibility index (Phi) is 11.3. The van der Waals surface area contributed by atoms with E-state index in [0.717, 1.165) is 44.9 Å². The molecule has 0 aliphatic rings. The number of pyridine rings is 2. The van der Waals surface area contributed by atoms with Crippen molar-refractivity contribution in [2.24, 2.45) is 7.05 Å². The van der Waals surface area contributed by atoms with Crippen molar-refractivity contribution < 1.29 is 28.2 Å². The van der Waals surface area contributed by atoms with E-state index in [0.29, 0.717) is 19.6 Å². The molecule has 0 amide bonds. The Balaban J connectivity index is 1.54. The molecule has 6 nitrogen and oxygen atoms in total. The first-order chi connectivity index (χ1) is 15.1. The number of aromatic nitrogens is 2. The van der Waals surface area contributed by atoms with Crippen molar-refractivity contribution in [1.29, 1.82) is 0 Å². The van der Waals surface area contributed by atoms with E-state index < -0.39 is 0 Å². The van der Waals surface area contributed by atoms with Gasteiger partial charge in [-0.25, -0.2) is 9.36 Å². The number of unbranched alkanes of at least 4 members (excludes halogenated alkanes) is 3. The molecule has 0 saturated carbocycles. The zero-order valence-electron chi connectivity index (χ0n) is 18.9. The molecule has 2 rings (SSSR count). The average Bonchev–Trinajstić information content (AvgIpc) is 2.78. The first-order valence-corrected chi connectivity index (χ1v) is 11.3. The van der Waals surface area contributed by atoms with Crippen molar-refractivity contribution in [3.05, 3.63) is 60.2 Å². The van der Waals surface area contributed by atoms with Crippen LogP contribution in [0.25, 0.3) is 0 Å². The summed E-state index contributed by atoms with van der Waals surface area (Å²) in [5.74, 6) is -0.368. The Morgan fingerprint density at radius 3 is 1.81 bits per heavy atom. The highest BCUT2D eigenvalue weighted by Crippen LogP contribution is 2.06. The fourth-order valence-corrected chi connectivity index (χ4v) is 3.18. The van der Waals surface area contributed by atoms with Gasteiger partial charge in [0.1, 0.15) is 7.05 Å². The number of aryl methyl sites for hydroxylation is 3. The molecular formula is C25H36N2O4+2. The standard InChI is InChI=1S/C25H36N2O4/c1-3-24(28)30-19-6-4-5-7-20-31-25(29)21-27-17-13-23(14-18-27)10-8-9-22-11-15-26(2)16-12-22/h11-18H,3-10,19-21H2,1-2H3/q+2. The second kappa shape index (κ2) is 14.3. The topological polar surface area (TPSA) is 60.4 Å². The Hall–Kier alpha value is -2.76. The molecule has 31 heavy (non-hydrogen) atoms. The van der Waals surface area contributed by atoms with Gasteiger partial charge in [0.15, 0.2) is 24.8 Å². The van der Waals surface area contributed by atoms with Crippen LogP contribution in [0.5, 0.6) is 0 Å². The maximum absolute atomic E-state index is 12.0. The number of esters is 2. The van der Waals surface area contributed by atoms with Crippen LogP contribution in [-0.4, -0.2) is 25.2 Å². The van der Waals surface area contributed by atoms with Gasteiger partial charge < -0.3 is 9.47 Å². The van der Waals surface area contributed by atoms with Crippen LogP contribution in [-0.2, 0) is 45.5 Å². The molecule has 0 bridgehead atoms. The molecule has 168 valence electrons. The molecule has 0 atom stereocenters. The van der Waals surface area contributed by atoms with Crippen LogP contribution in [0.1, 0.15) is 56.6 Å². The van der Waals surface area contributed by atoms with E-state index in [1.54, 1.807) is 6.92 Å². The van der Waals surface area contributed by atoms with Crippen molar-refractivity contribution >= 4 is 11.9 Å². The maximum atomic E-state index is 12.0. The zero-order valence-corrected chi connectivity index (χ0v) is 18.9. The molecule has 6 heteroatoms. The third-order valence-electron chi connectivity index (χ3n) is 5.10. The molecule has 0 aromatic carbocycles. The molecule has 2 aromatic rings. The van der Waals surface area contributed by atoms with Crippen molar-refractivity contribution in [2.45, 2.75) is 64.8 Å². The van der Waals surface area contributed by atoms with Crippen LogP contribution in [0.4, 0.5) is 0 Å². The number of carbonyl (C=O) groups is 2. The lowest BCUT2D eigenvalue weighted by molar-refractivity contribution is -0.686. The molecule has 0 spiro atoms. The van der Waals surface area contributed by atoms with Crippen molar-refractivity contribution in [3.8, 4) is 0 Å². The maximum Gasteiger partial charge on any atom is 0.372 e. The summed E-state index contributed by atoms with van der Waals surface area (Å²) in [4.78, 5) is 23.0. The number of ether oxygens (including phenoxy) is 2. The van der Waals surface area contributed by atoms with Gasteiger partial charge in [0, 0.05) is 30.7 Å². The molecule has 2 aromatic heterocycles. The Bertz CT molecular complexity index is 788. The van der Waals surface area contributed by atoms with Gasteiger partial charge >= 0.3 is 11.9 Å². The zero-order chi connectivity index (χ0) is 22.3. The van der Waals surface area contributed by atoms with E-state index in [4.69, 9.17) is 9.47 Å². The molecule has 0 aliphatic heterocycles. The summed E-state index contributed by atoms with van der Waals surface area (Å²) in [5, 5.41) is 0. The SMILES string of the molecule is CCC(=O)OCCCCCCOC(=O)C[n+]1ccc(CCCc2cc[n+](C)cc2)cc1. The third kappa shape index (κ3) is 10.7. The van der Waals surface area contributed by atoms with Gasteiger partial charge in [0.2, 0.25) is 6.54 Å². The fraction of sp³-hybridized carbons (Fsp3) is 0.520. The van der Waals surface area contributed by atoms with Gasteiger partial charge in [0.05, 0.1) is 13.2 Å². The van der Waals surface area contributed by atoms with Crippen LogP contribution in [0.3, 0.4) is 0 Å². The van der Waals surface area contributed by atoms with E-state index in [1.165, 1.54) is 11.1 Å². The monoisotopic (exact) mass is 428 g/mol. The van der Waals surface area contributed by atoms with Gasteiger partial charge in [-0.05, 0) is 56.1 Å². The second-order valence-electron chi connectivity index (χ2n) is 7.81. The highest BCUT2D eigenvalue weighted by atomic mass is 16.5. The summed E-state index contributed by atoms with van der Waals surface area (Å²) in [6.45, 7) is 2.93. The molecular weight excluding hydrogens is 392 g/mol. The lowest BCUT2D eigenvalue weighted by atomic mass is 10.1. The van der Waals surface area contributed by atoms with Crippen LogP contribution < -0.4 is 9.13 Å². The van der Waals surface area contributed by atoms with Crippen LogP contribution in [0, 0.1) is 0 Å². The van der Waals surface area contributed by atoms with E-state index in [-0.39, 0.29) is 18.5 Å². The minimum atomic E-state index is -0.216. The van der Waals surface area contributed by atoms with Gasteiger partial charge in [-0.2, -0.15) is 4.57 Å². The number of hydrogen-bond donors (Lipinski definition) is 0. The lowest BCUT2D eigenvalue weighted by Crippen LogP contribution is -2.38.